The summed E-state index contributed by atoms with van der Waals surface area (Å²) in [6, 6.07) is 7.84. The molecule has 1 amide bonds. The molecule has 0 bridgehead atoms. The highest BCUT2D eigenvalue weighted by atomic mass is 35.5. The highest BCUT2D eigenvalue weighted by molar-refractivity contribution is 8.00. The maximum atomic E-state index is 12.1. The first-order valence-corrected chi connectivity index (χ1v) is 7.55. The van der Waals surface area contributed by atoms with E-state index < -0.39 is 0 Å². The van der Waals surface area contributed by atoms with E-state index in [-0.39, 0.29) is 17.2 Å². The van der Waals surface area contributed by atoms with Crippen LogP contribution in [0.25, 0.3) is 0 Å². The normalized spacial score (nSPS) is 14.0. The zero-order valence-corrected chi connectivity index (χ0v) is 12.6. The Kier molecular flexibility index (Phi) is 6.58. The summed E-state index contributed by atoms with van der Waals surface area (Å²) in [6.45, 7) is 6.12. The molecule has 0 aromatic heterocycles. The lowest BCUT2D eigenvalue weighted by atomic mass is 10.2. The molecule has 0 fully saturated rings. The number of benzene rings is 1. The molecule has 1 aromatic carbocycles. The summed E-state index contributed by atoms with van der Waals surface area (Å²) < 4.78 is 0. The van der Waals surface area contributed by atoms with E-state index in [2.05, 4.69) is 12.2 Å². The van der Waals surface area contributed by atoms with Gasteiger partial charge in [0.1, 0.15) is 0 Å². The molecule has 0 aliphatic rings. The minimum Gasteiger partial charge on any atom is -0.353 e. The molecule has 18 heavy (non-hydrogen) atoms. The lowest BCUT2D eigenvalue weighted by molar-refractivity contribution is -0.121. The zero-order valence-electron chi connectivity index (χ0n) is 11.1. The molecule has 0 saturated carbocycles. The molecular formula is C14H20ClNOS. The van der Waals surface area contributed by atoms with E-state index in [0.29, 0.717) is 0 Å². The van der Waals surface area contributed by atoms with Crippen molar-refractivity contribution in [3.63, 3.8) is 0 Å². The monoisotopic (exact) mass is 285 g/mol. The summed E-state index contributed by atoms with van der Waals surface area (Å²) in [5.74, 6) is 0.117. The summed E-state index contributed by atoms with van der Waals surface area (Å²) in [5.41, 5.74) is 0. The fraction of sp³-hybridized carbons (Fsp3) is 0.500. The number of nitrogens with one attached hydrogen (secondary N) is 1. The number of thioether (sulfide) groups is 1. The second kappa shape index (κ2) is 7.70. The highest BCUT2D eigenvalue weighted by Crippen LogP contribution is 2.26. The Balaban J connectivity index is 2.61. The molecule has 0 aliphatic heterocycles. The molecule has 0 aliphatic carbocycles. The van der Waals surface area contributed by atoms with Crippen LogP contribution in [0.15, 0.2) is 29.2 Å². The fourth-order valence-electron chi connectivity index (χ4n) is 1.44. The van der Waals surface area contributed by atoms with Gasteiger partial charge in [-0.05, 0) is 44.0 Å². The number of carbonyl (C=O) groups is 1. The average Bonchev–Trinajstić information content (AvgIpc) is 2.37. The summed E-state index contributed by atoms with van der Waals surface area (Å²) in [6.07, 6.45) is 1.77. The minimum absolute atomic E-state index is 0.0415. The SMILES string of the molecule is CC[C@@H](C)NC(=O)[C@@H](CC)Sc1ccc(Cl)cc1. The van der Waals surface area contributed by atoms with E-state index in [1.165, 1.54) is 0 Å². The maximum absolute atomic E-state index is 12.1. The molecule has 1 rings (SSSR count). The quantitative estimate of drug-likeness (QED) is 0.797. The van der Waals surface area contributed by atoms with Crippen LogP contribution in [0.4, 0.5) is 0 Å². The van der Waals surface area contributed by atoms with Gasteiger partial charge in [-0.25, -0.2) is 0 Å². The first kappa shape index (κ1) is 15.4. The predicted octanol–water partition coefficient (Wildman–Crippen LogP) is 4.13. The highest BCUT2D eigenvalue weighted by Gasteiger charge is 2.18. The van der Waals surface area contributed by atoms with Crippen molar-refractivity contribution in [3.05, 3.63) is 29.3 Å². The average molecular weight is 286 g/mol. The smallest absolute Gasteiger partial charge is 0.233 e. The van der Waals surface area contributed by atoms with Crippen LogP contribution in [0, 0.1) is 0 Å². The molecule has 2 nitrogen and oxygen atoms in total. The standard InChI is InChI=1S/C14H20ClNOS/c1-4-10(3)16-14(17)13(5-2)18-12-8-6-11(15)7-9-12/h6-10,13H,4-5H2,1-3H3,(H,16,17)/t10-,13-/m1/s1. The van der Waals surface area contributed by atoms with Crippen LogP contribution in [0.3, 0.4) is 0 Å². The number of rotatable bonds is 6. The molecule has 2 atom stereocenters. The van der Waals surface area contributed by atoms with Gasteiger partial charge in [-0.2, -0.15) is 0 Å². The van der Waals surface area contributed by atoms with Crippen molar-refractivity contribution in [2.45, 2.75) is 49.8 Å². The molecule has 1 N–H and O–H groups in total. The predicted molar refractivity (Wildman–Crippen MR) is 79.3 cm³/mol. The lowest BCUT2D eigenvalue weighted by Crippen LogP contribution is -2.38. The Hall–Kier alpha value is -0.670. The van der Waals surface area contributed by atoms with Crippen molar-refractivity contribution in [2.75, 3.05) is 0 Å². The van der Waals surface area contributed by atoms with E-state index in [0.717, 1.165) is 22.8 Å². The summed E-state index contributed by atoms with van der Waals surface area (Å²) >= 11 is 7.43. The first-order chi connectivity index (χ1) is 8.56. The van der Waals surface area contributed by atoms with Gasteiger partial charge in [0.05, 0.1) is 5.25 Å². The van der Waals surface area contributed by atoms with Crippen molar-refractivity contribution in [1.82, 2.24) is 5.32 Å². The van der Waals surface area contributed by atoms with Crippen molar-refractivity contribution in [3.8, 4) is 0 Å². The van der Waals surface area contributed by atoms with Crippen LogP contribution in [0.2, 0.25) is 5.02 Å². The van der Waals surface area contributed by atoms with Crippen molar-refractivity contribution in [1.29, 1.82) is 0 Å². The molecule has 0 heterocycles. The van der Waals surface area contributed by atoms with Gasteiger partial charge in [0, 0.05) is 16.0 Å². The second-order valence-electron chi connectivity index (χ2n) is 4.29. The van der Waals surface area contributed by atoms with Crippen molar-refractivity contribution in [2.24, 2.45) is 0 Å². The molecule has 0 unspecified atom stereocenters. The van der Waals surface area contributed by atoms with Crippen LogP contribution >= 0.6 is 23.4 Å². The molecule has 0 saturated heterocycles. The third-order valence-electron chi connectivity index (χ3n) is 2.76. The van der Waals surface area contributed by atoms with Gasteiger partial charge in [0.25, 0.3) is 0 Å². The maximum Gasteiger partial charge on any atom is 0.233 e. The van der Waals surface area contributed by atoms with Gasteiger partial charge in [0.2, 0.25) is 5.91 Å². The zero-order chi connectivity index (χ0) is 13.5. The Morgan fingerprint density at radius 3 is 2.39 bits per heavy atom. The number of hydrogen-bond donors (Lipinski definition) is 1. The fourth-order valence-corrected chi connectivity index (χ4v) is 2.53. The van der Waals surface area contributed by atoms with Gasteiger partial charge in [0.15, 0.2) is 0 Å². The van der Waals surface area contributed by atoms with E-state index >= 15 is 0 Å². The van der Waals surface area contributed by atoms with E-state index in [9.17, 15) is 4.79 Å². The molecule has 1 aromatic rings. The van der Waals surface area contributed by atoms with Gasteiger partial charge in [-0.15, -0.1) is 11.8 Å². The molecule has 4 heteroatoms. The van der Waals surface area contributed by atoms with E-state index in [1.807, 2.05) is 38.1 Å². The Morgan fingerprint density at radius 1 is 1.28 bits per heavy atom. The van der Waals surface area contributed by atoms with E-state index in [1.54, 1.807) is 11.8 Å². The molecule has 100 valence electrons. The van der Waals surface area contributed by atoms with Gasteiger partial charge in [-0.1, -0.05) is 25.4 Å². The van der Waals surface area contributed by atoms with Crippen LogP contribution in [-0.2, 0) is 4.79 Å². The van der Waals surface area contributed by atoms with Gasteiger partial charge in [-0.3, -0.25) is 4.79 Å². The van der Waals surface area contributed by atoms with Gasteiger partial charge >= 0.3 is 0 Å². The molecule has 0 radical (unpaired) electrons. The van der Waals surface area contributed by atoms with Crippen molar-refractivity contribution < 1.29 is 4.79 Å². The van der Waals surface area contributed by atoms with Crippen LogP contribution in [-0.4, -0.2) is 17.2 Å². The summed E-state index contributed by atoms with van der Waals surface area (Å²) in [7, 11) is 0. The minimum atomic E-state index is -0.0415. The van der Waals surface area contributed by atoms with E-state index in [4.69, 9.17) is 11.6 Å². The Bertz CT molecular complexity index is 380. The largest absolute Gasteiger partial charge is 0.353 e. The first-order valence-electron chi connectivity index (χ1n) is 6.29. The topological polar surface area (TPSA) is 29.1 Å². The third-order valence-corrected chi connectivity index (χ3v) is 4.38. The van der Waals surface area contributed by atoms with Crippen LogP contribution in [0.5, 0.6) is 0 Å². The van der Waals surface area contributed by atoms with Crippen molar-refractivity contribution >= 4 is 29.3 Å². The summed E-state index contributed by atoms with van der Waals surface area (Å²) in [4.78, 5) is 13.1. The number of carbonyl (C=O) groups excluding carboxylic acids is 1. The third kappa shape index (κ3) is 4.91. The lowest BCUT2D eigenvalue weighted by Gasteiger charge is -2.18. The molecular weight excluding hydrogens is 266 g/mol. The number of halogens is 1. The summed E-state index contributed by atoms with van der Waals surface area (Å²) in [5, 5.41) is 3.70. The van der Waals surface area contributed by atoms with Crippen LogP contribution < -0.4 is 5.32 Å². The molecule has 0 spiro atoms. The second-order valence-corrected chi connectivity index (χ2v) is 6.00. The number of hydrogen-bond acceptors (Lipinski definition) is 2. The Morgan fingerprint density at radius 2 is 1.89 bits per heavy atom. The van der Waals surface area contributed by atoms with Crippen LogP contribution in [0.1, 0.15) is 33.6 Å². The van der Waals surface area contributed by atoms with Gasteiger partial charge < -0.3 is 5.32 Å². The number of amides is 1. The Labute approximate surface area is 118 Å².